The number of ether oxygens (including phenoxy) is 1. The standard InChI is InChI=1S/C15H20N2OS/c1-2-8-18-10-13(16)9-15-17-14(11-19-15)12-6-4-3-5-7-12/h3-7,11,13H,2,8-10,16H2,1H3. The number of thiazole rings is 1. The first-order chi connectivity index (χ1) is 9.29. The molecule has 2 N–H and O–H groups in total. The maximum Gasteiger partial charge on any atom is 0.0948 e. The lowest BCUT2D eigenvalue weighted by Gasteiger charge is -2.09. The van der Waals surface area contributed by atoms with Crippen LogP contribution in [-0.2, 0) is 11.2 Å². The molecule has 4 heteroatoms. The first-order valence-electron chi connectivity index (χ1n) is 6.62. The minimum Gasteiger partial charge on any atom is -0.380 e. The quantitative estimate of drug-likeness (QED) is 0.790. The SMILES string of the molecule is CCCOCC(N)Cc1nc(-c2ccccc2)cs1. The first-order valence-corrected chi connectivity index (χ1v) is 7.50. The molecule has 0 radical (unpaired) electrons. The highest BCUT2D eigenvalue weighted by atomic mass is 32.1. The number of hydrogen-bond acceptors (Lipinski definition) is 4. The molecule has 3 nitrogen and oxygen atoms in total. The average Bonchev–Trinajstić information content (AvgIpc) is 2.88. The number of rotatable bonds is 7. The van der Waals surface area contributed by atoms with Crippen LogP contribution in [0, 0.1) is 0 Å². The van der Waals surface area contributed by atoms with Crippen molar-refractivity contribution in [2.45, 2.75) is 25.8 Å². The van der Waals surface area contributed by atoms with Gasteiger partial charge in [-0.3, -0.25) is 0 Å². The minimum absolute atomic E-state index is 0.0290. The highest BCUT2D eigenvalue weighted by Crippen LogP contribution is 2.22. The fourth-order valence-electron chi connectivity index (χ4n) is 1.81. The summed E-state index contributed by atoms with van der Waals surface area (Å²) in [4.78, 5) is 4.63. The van der Waals surface area contributed by atoms with Crippen LogP contribution < -0.4 is 5.73 Å². The predicted octanol–water partition coefficient (Wildman–Crippen LogP) is 3.11. The maximum atomic E-state index is 6.04. The monoisotopic (exact) mass is 276 g/mol. The van der Waals surface area contributed by atoms with Crippen LogP contribution in [0.15, 0.2) is 35.7 Å². The molecule has 0 saturated heterocycles. The zero-order valence-corrected chi connectivity index (χ0v) is 12.0. The van der Waals surface area contributed by atoms with E-state index in [1.54, 1.807) is 11.3 Å². The summed E-state index contributed by atoms with van der Waals surface area (Å²) in [6, 6.07) is 10.2. The average molecular weight is 276 g/mol. The van der Waals surface area contributed by atoms with Gasteiger partial charge in [-0.1, -0.05) is 37.3 Å². The van der Waals surface area contributed by atoms with Crippen molar-refractivity contribution in [3.63, 3.8) is 0 Å². The van der Waals surface area contributed by atoms with E-state index in [4.69, 9.17) is 10.5 Å². The summed E-state index contributed by atoms with van der Waals surface area (Å²) in [7, 11) is 0. The Bertz CT molecular complexity index is 484. The Morgan fingerprint density at radius 2 is 2.11 bits per heavy atom. The zero-order chi connectivity index (χ0) is 13.5. The van der Waals surface area contributed by atoms with E-state index in [-0.39, 0.29) is 6.04 Å². The summed E-state index contributed by atoms with van der Waals surface area (Å²) in [5.74, 6) is 0. The molecular weight excluding hydrogens is 256 g/mol. The van der Waals surface area contributed by atoms with E-state index in [2.05, 4.69) is 29.4 Å². The van der Waals surface area contributed by atoms with Crippen LogP contribution in [0.4, 0.5) is 0 Å². The Balaban J connectivity index is 1.91. The Kier molecular flexibility index (Phi) is 5.51. The molecule has 19 heavy (non-hydrogen) atoms. The molecule has 1 atom stereocenters. The highest BCUT2D eigenvalue weighted by Gasteiger charge is 2.09. The molecule has 0 aliphatic rings. The Morgan fingerprint density at radius 3 is 2.84 bits per heavy atom. The Labute approximate surface area is 118 Å². The van der Waals surface area contributed by atoms with Gasteiger partial charge in [0.1, 0.15) is 0 Å². The van der Waals surface area contributed by atoms with Crippen molar-refractivity contribution in [1.29, 1.82) is 0 Å². The van der Waals surface area contributed by atoms with Crippen molar-refractivity contribution < 1.29 is 4.74 Å². The van der Waals surface area contributed by atoms with Crippen LogP contribution in [0.1, 0.15) is 18.4 Å². The van der Waals surface area contributed by atoms with Gasteiger partial charge in [0.05, 0.1) is 17.3 Å². The van der Waals surface area contributed by atoms with E-state index in [0.29, 0.717) is 6.61 Å². The maximum absolute atomic E-state index is 6.04. The second-order valence-electron chi connectivity index (χ2n) is 4.53. The molecule has 1 heterocycles. The number of aromatic nitrogens is 1. The van der Waals surface area contributed by atoms with Crippen molar-refractivity contribution in [1.82, 2.24) is 4.98 Å². The summed E-state index contributed by atoms with van der Waals surface area (Å²) >= 11 is 1.67. The molecule has 0 spiro atoms. The van der Waals surface area contributed by atoms with Gasteiger partial charge in [0.25, 0.3) is 0 Å². The van der Waals surface area contributed by atoms with Gasteiger partial charge in [-0.15, -0.1) is 11.3 Å². The summed E-state index contributed by atoms with van der Waals surface area (Å²) in [5.41, 5.74) is 8.22. The third kappa shape index (κ3) is 4.42. The second-order valence-corrected chi connectivity index (χ2v) is 5.47. The van der Waals surface area contributed by atoms with Gasteiger partial charge >= 0.3 is 0 Å². The fraction of sp³-hybridized carbons (Fsp3) is 0.400. The number of nitrogens with zero attached hydrogens (tertiary/aromatic N) is 1. The van der Waals surface area contributed by atoms with Crippen LogP contribution >= 0.6 is 11.3 Å². The first kappa shape index (κ1) is 14.2. The van der Waals surface area contributed by atoms with Crippen molar-refractivity contribution in [2.75, 3.05) is 13.2 Å². The predicted molar refractivity (Wildman–Crippen MR) is 80.3 cm³/mol. The van der Waals surface area contributed by atoms with E-state index >= 15 is 0 Å². The smallest absolute Gasteiger partial charge is 0.0948 e. The third-order valence-corrected chi connectivity index (χ3v) is 3.61. The zero-order valence-electron chi connectivity index (χ0n) is 11.2. The fourth-order valence-corrected chi connectivity index (χ4v) is 2.71. The number of hydrogen-bond donors (Lipinski definition) is 1. The lowest BCUT2D eigenvalue weighted by Crippen LogP contribution is -2.28. The van der Waals surface area contributed by atoms with Crippen LogP contribution in [-0.4, -0.2) is 24.2 Å². The van der Waals surface area contributed by atoms with Crippen molar-refractivity contribution in [2.24, 2.45) is 5.73 Å². The lowest BCUT2D eigenvalue weighted by atomic mass is 10.2. The van der Waals surface area contributed by atoms with Crippen LogP contribution in [0.5, 0.6) is 0 Å². The van der Waals surface area contributed by atoms with Gasteiger partial charge in [0.2, 0.25) is 0 Å². The van der Waals surface area contributed by atoms with Gasteiger partial charge in [0, 0.05) is 30.0 Å². The minimum atomic E-state index is 0.0290. The lowest BCUT2D eigenvalue weighted by molar-refractivity contribution is 0.121. The van der Waals surface area contributed by atoms with Gasteiger partial charge < -0.3 is 10.5 Å². The molecule has 1 aromatic carbocycles. The summed E-state index contributed by atoms with van der Waals surface area (Å²) in [6.45, 7) is 3.48. The van der Waals surface area contributed by atoms with E-state index < -0.39 is 0 Å². The normalized spacial score (nSPS) is 12.5. The molecule has 0 bridgehead atoms. The van der Waals surface area contributed by atoms with Crippen LogP contribution in [0.2, 0.25) is 0 Å². The van der Waals surface area contributed by atoms with Gasteiger partial charge in [-0.25, -0.2) is 4.98 Å². The summed E-state index contributed by atoms with van der Waals surface area (Å²) in [5, 5.41) is 3.16. The van der Waals surface area contributed by atoms with Gasteiger partial charge in [0.15, 0.2) is 0 Å². The molecular formula is C15H20N2OS. The van der Waals surface area contributed by atoms with E-state index in [9.17, 15) is 0 Å². The molecule has 0 aliphatic carbocycles. The molecule has 0 fully saturated rings. The topological polar surface area (TPSA) is 48.1 Å². The van der Waals surface area contributed by atoms with Crippen LogP contribution in [0.3, 0.4) is 0 Å². The molecule has 0 saturated carbocycles. The molecule has 1 unspecified atom stereocenters. The molecule has 2 rings (SSSR count). The molecule has 0 aliphatic heterocycles. The van der Waals surface area contributed by atoms with Crippen molar-refractivity contribution >= 4 is 11.3 Å². The Hall–Kier alpha value is -1.23. The molecule has 102 valence electrons. The molecule has 0 amide bonds. The Morgan fingerprint density at radius 1 is 1.32 bits per heavy atom. The van der Waals surface area contributed by atoms with Crippen molar-refractivity contribution in [3.05, 3.63) is 40.7 Å². The van der Waals surface area contributed by atoms with Gasteiger partial charge in [-0.05, 0) is 6.42 Å². The summed E-state index contributed by atoms with van der Waals surface area (Å²) in [6.07, 6.45) is 1.81. The number of nitrogens with two attached hydrogens (primary N) is 1. The largest absolute Gasteiger partial charge is 0.380 e. The third-order valence-electron chi connectivity index (χ3n) is 2.74. The van der Waals surface area contributed by atoms with Crippen LogP contribution in [0.25, 0.3) is 11.3 Å². The number of benzene rings is 1. The summed E-state index contributed by atoms with van der Waals surface area (Å²) < 4.78 is 5.46. The second kappa shape index (κ2) is 7.38. The molecule has 1 aromatic heterocycles. The van der Waals surface area contributed by atoms with Crippen molar-refractivity contribution in [3.8, 4) is 11.3 Å². The van der Waals surface area contributed by atoms with E-state index in [1.165, 1.54) is 0 Å². The van der Waals surface area contributed by atoms with E-state index in [0.717, 1.165) is 35.7 Å². The van der Waals surface area contributed by atoms with Gasteiger partial charge in [-0.2, -0.15) is 0 Å². The molecule has 2 aromatic rings. The van der Waals surface area contributed by atoms with E-state index in [1.807, 2.05) is 18.2 Å². The highest BCUT2D eigenvalue weighted by molar-refractivity contribution is 7.09.